The SMILES string of the molecule is COc1ccc2[nH]c(-c3cc4ccccc4s3)nc2n1. The van der Waals surface area contributed by atoms with Crippen LogP contribution in [0.2, 0.25) is 0 Å². The van der Waals surface area contributed by atoms with E-state index >= 15 is 0 Å². The molecule has 4 nitrogen and oxygen atoms in total. The third kappa shape index (κ3) is 1.75. The van der Waals surface area contributed by atoms with Gasteiger partial charge < -0.3 is 9.72 Å². The van der Waals surface area contributed by atoms with Gasteiger partial charge in [-0.1, -0.05) is 18.2 Å². The molecule has 1 N–H and O–H groups in total. The topological polar surface area (TPSA) is 50.8 Å². The summed E-state index contributed by atoms with van der Waals surface area (Å²) in [6, 6.07) is 14.2. The number of thiophene rings is 1. The lowest BCUT2D eigenvalue weighted by Crippen LogP contribution is -1.86. The lowest BCUT2D eigenvalue weighted by atomic mass is 10.2. The molecule has 0 fully saturated rings. The van der Waals surface area contributed by atoms with Gasteiger partial charge in [-0.25, -0.2) is 4.98 Å². The van der Waals surface area contributed by atoms with E-state index in [4.69, 9.17) is 4.74 Å². The van der Waals surface area contributed by atoms with E-state index in [1.165, 1.54) is 10.1 Å². The summed E-state index contributed by atoms with van der Waals surface area (Å²) in [4.78, 5) is 13.3. The molecule has 0 spiro atoms. The molecule has 0 aliphatic heterocycles. The molecule has 3 heterocycles. The van der Waals surface area contributed by atoms with Gasteiger partial charge in [0.25, 0.3) is 0 Å². The molecule has 0 saturated heterocycles. The van der Waals surface area contributed by atoms with Crippen molar-refractivity contribution < 1.29 is 4.74 Å². The molecule has 0 radical (unpaired) electrons. The van der Waals surface area contributed by atoms with Crippen molar-refractivity contribution in [2.24, 2.45) is 0 Å². The number of nitrogens with zero attached hydrogens (tertiary/aromatic N) is 2. The number of hydrogen-bond donors (Lipinski definition) is 1. The third-order valence-corrected chi connectivity index (χ3v) is 4.31. The Kier molecular flexibility index (Phi) is 2.47. The van der Waals surface area contributed by atoms with Gasteiger partial charge >= 0.3 is 0 Å². The van der Waals surface area contributed by atoms with Crippen molar-refractivity contribution in [3.63, 3.8) is 0 Å². The van der Waals surface area contributed by atoms with Crippen LogP contribution in [0.4, 0.5) is 0 Å². The fourth-order valence-electron chi connectivity index (χ4n) is 2.20. The Morgan fingerprint density at radius 1 is 1.10 bits per heavy atom. The van der Waals surface area contributed by atoms with Crippen molar-refractivity contribution in [2.45, 2.75) is 0 Å². The highest BCUT2D eigenvalue weighted by molar-refractivity contribution is 7.22. The van der Waals surface area contributed by atoms with E-state index in [-0.39, 0.29) is 0 Å². The van der Waals surface area contributed by atoms with Crippen LogP contribution in [0, 0.1) is 0 Å². The lowest BCUT2D eigenvalue weighted by molar-refractivity contribution is 0.399. The van der Waals surface area contributed by atoms with Crippen LogP contribution in [0.3, 0.4) is 0 Å². The van der Waals surface area contributed by atoms with Crippen molar-refractivity contribution in [1.29, 1.82) is 0 Å². The Morgan fingerprint density at radius 3 is 2.85 bits per heavy atom. The summed E-state index contributed by atoms with van der Waals surface area (Å²) in [7, 11) is 1.60. The molecular formula is C15H11N3OS. The van der Waals surface area contributed by atoms with Crippen molar-refractivity contribution in [2.75, 3.05) is 7.11 Å². The van der Waals surface area contributed by atoms with Gasteiger partial charge in [-0.05, 0) is 23.6 Å². The fraction of sp³-hybridized carbons (Fsp3) is 0.0667. The zero-order valence-corrected chi connectivity index (χ0v) is 11.6. The van der Waals surface area contributed by atoms with Crippen molar-refractivity contribution in [3.8, 4) is 16.6 Å². The fourth-order valence-corrected chi connectivity index (χ4v) is 3.21. The number of hydrogen-bond acceptors (Lipinski definition) is 4. The second-order valence-corrected chi connectivity index (χ2v) is 5.54. The number of H-pyrrole nitrogens is 1. The number of aromatic amines is 1. The van der Waals surface area contributed by atoms with Gasteiger partial charge in [0.15, 0.2) is 11.5 Å². The second-order valence-electron chi connectivity index (χ2n) is 4.46. The Labute approximate surface area is 119 Å². The van der Waals surface area contributed by atoms with Gasteiger partial charge in [-0.15, -0.1) is 11.3 Å². The largest absolute Gasteiger partial charge is 0.481 e. The van der Waals surface area contributed by atoms with Crippen LogP contribution < -0.4 is 4.74 Å². The minimum Gasteiger partial charge on any atom is -0.481 e. The Balaban J connectivity index is 1.88. The number of benzene rings is 1. The van der Waals surface area contributed by atoms with Gasteiger partial charge in [0.2, 0.25) is 5.88 Å². The van der Waals surface area contributed by atoms with Crippen LogP contribution in [0.15, 0.2) is 42.5 Å². The highest BCUT2D eigenvalue weighted by atomic mass is 32.1. The Morgan fingerprint density at radius 2 is 2.00 bits per heavy atom. The van der Waals surface area contributed by atoms with Crippen LogP contribution in [0.1, 0.15) is 0 Å². The van der Waals surface area contributed by atoms with Crippen LogP contribution in [0.5, 0.6) is 5.88 Å². The monoisotopic (exact) mass is 281 g/mol. The minimum absolute atomic E-state index is 0.576. The van der Waals surface area contributed by atoms with Crippen molar-refractivity contribution >= 4 is 32.6 Å². The van der Waals surface area contributed by atoms with Gasteiger partial charge in [0.1, 0.15) is 0 Å². The van der Waals surface area contributed by atoms with E-state index < -0.39 is 0 Å². The molecule has 98 valence electrons. The maximum atomic E-state index is 5.12. The molecule has 0 aliphatic rings. The zero-order chi connectivity index (χ0) is 13.5. The molecular weight excluding hydrogens is 270 g/mol. The number of rotatable bonds is 2. The van der Waals surface area contributed by atoms with E-state index in [2.05, 4.69) is 33.2 Å². The van der Waals surface area contributed by atoms with Gasteiger partial charge in [-0.3, -0.25) is 0 Å². The minimum atomic E-state index is 0.576. The smallest absolute Gasteiger partial charge is 0.215 e. The van der Waals surface area contributed by atoms with E-state index in [1.807, 2.05) is 24.3 Å². The van der Waals surface area contributed by atoms with Crippen LogP contribution in [-0.4, -0.2) is 22.1 Å². The lowest BCUT2D eigenvalue weighted by Gasteiger charge is -1.95. The second kappa shape index (κ2) is 4.31. The number of ether oxygens (including phenoxy) is 1. The molecule has 5 heteroatoms. The Bertz CT molecular complexity index is 877. The number of nitrogens with one attached hydrogen (secondary N) is 1. The standard InChI is InChI=1S/C15H11N3OS/c1-19-13-7-6-10-14(17-13)18-15(16-10)12-8-9-4-2-3-5-11(9)20-12/h2-8H,1H3,(H,16,17,18). The molecule has 4 aromatic rings. The highest BCUT2D eigenvalue weighted by Crippen LogP contribution is 2.32. The Hall–Kier alpha value is -2.40. The molecule has 3 aromatic heterocycles. The quantitative estimate of drug-likeness (QED) is 0.607. The van der Waals surface area contributed by atoms with Crippen molar-refractivity contribution in [1.82, 2.24) is 15.0 Å². The molecule has 0 aliphatic carbocycles. The van der Waals surface area contributed by atoms with Gasteiger partial charge in [-0.2, -0.15) is 4.98 Å². The summed E-state index contributed by atoms with van der Waals surface area (Å²) in [6.45, 7) is 0. The van der Waals surface area contributed by atoms with E-state index in [0.717, 1.165) is 16.2 Å². The van der Waals surface area contributed by atoms with E-state index in [9.17, 15) is 0 Å². The van der Waals surface area contributed by atoms with Gasteiger partial charge in [0.05, 0.1) is 17.5 Å². The molecule has 0 bridgehead atoms. The summed E-state index contributed by atoms with van der Waals surface area (Å²) < 4.78 is 6.38. The average molecular weight is 281 g/mol. The number of methoxy groups -OCH3 is 1. The first-order valence-electron chi connectivity index (χ1n) is 6.23. The summed E-state index contributed by atoms with van der Waals surface area (Å²) in [6.07, 6.45) is 0. The van der Waals surface area contributed by atoms with Crippen LogP contribution in [0.25, 0.3) is 32.0 Å². The van der Waals surface area contributed by atoms with Crippen molar-refractivity contribution in [3.05, 3.63) is 42.5 Å². The number of fused-ring (bicyclic) bond motifs is 2. The number of imidazole rings is 1. The van der Waals surface area contributed by atoms with Gasteiger partial charge in [0, 0.05) is 10.8 Å². The predicted molar refractivity (Wildman–Crippen MR) is 81.3 cm³/mol. The molecule has 4 rings (SSSR count). The molecule has 0 unspecified atom stereocenters. The molecule has 0 amide bonds. The first-order valence-corrected chi connectivity index (χ1v) is 7.05. The number of pyridine rings is 1. The first-order chi connectivity index (χ1) is 9.83. The van der Waals surface area contributed by atoms with E-state index in [1.54, 1.807) is 18.4 Å². The van der Waals surface area contributed by atoms with E-state index in [0.29, 0.717) is 11.5 Å². The summed E-state index contributed by atoms with van der Waals surface area (Å²) >= 11 is 1.72. The third-order valence-electron chi connectivity index (χ3n) is 3.19. The highest BCUT2D eigenvalue weighted by Gasteiger charge is 2.10. The first kappa shape index (κ1) is 11.4. The average Bonchev–Trinajstić information content (AvgIpc) is 3.09. The molecule has 20 heavy (non-hydrogen) atoms. The van der Waals surface area contributed by atoms with Crippen LogP contribution in [-0.2, 0) is 0 Å². The maximum absolute atomic E-state index is 5.12. The molecule has 0 saturated carbocycles. The number of aromatic nitrogens is 3. The van der Waals surface area contributed by atoms with Crippen LogP contribution >= 0.6 is 11.3 Å². The predicted octanol–water partition coefficient (Wildman–Crippen LogP) is 3.85. The zero-order valence-electron chi connectivity index (χ0n) is 10.8. The summed E-state index contributed by atoms with van der Waals surface area (Å²) in [5.41, 5.74) is 1.59. The summed E-state index contributed by atoms with van der Waals surface area (Å²) in [5.74, 6) is 1.42. The molecule has 0 atom stereocenters. The normalized spacial score (nSPS) is 11.2. The summed E-state index contributed by atoms with van der Waals surface area (Å²) in [5, 5.41) is 1.23. The molecule has 1 aromatic carbocycles. The maximum Gasteiger partial charge on any atom is 0.215 e.